The molecule has 1 aromatic heterocycles. The first-order valence-corrected chi connectivity index (χ1v) is 10.3. The lowest BCUT2D eigenvalue weighted by molar-refractivity contribution is -0.114. The SMILES string of the molecule is CCOC(=O)c1c(NC(C)=O)sc2c1CC[C@@H](Sc1ccccc1)/C2=N\O. The molecule has 6 nitrogen and oxygen atoms in total. The van der Waals surface area contributed by atoms with Gasteiger partial charge in [0, 0.05) is 11.8 Å². The Bertz CT molecular complexity index is 877. The van der Waals surface area contributed by atoms with Crippen LogP contribution in [0.15, 0.2) is 40.4 Å². The van der Waals surface area contributed by atoms with Crippen molar-refractivity contribution in [1.29, 1.82) is 0 Å². The van der Waals surface area contributed by atoms with E-state index in [0.29, 0.717) is 29.1 Å². The van der Waals surface area contributed by atoms with Crippen molar-refractivity contribution in [2.75, 3.05) is 11.9 Å². The number of nitrogens with zero attached hydrogens (tertiary/aromatic N) is 1. The third-order valence-corrected chi connectivity index (χ3v) is 6.56. The van der Waals surface area contributed by atoms with E-state index in [0.717, 1.165) is 15.3 Å². The van der Waals surface area contributed by atoms with Crippen molar-refractivity contribution in [3.05, 3.63) is 46.3 Å². The van der Waals surface area contributed by atoms with E-state index < -0.39 is 5.97 Å². The van der Waals surface area contributed by atoms with E-state index in [4.69, 9.17) is 4.74 Å². The molecule has 1 aliphatic rings. The van der Waals surface area contributed by atoms with Crippen LogP contribution in [-0.4, -0.2) is 34.7 Å². The highest BCUT2D eigenvalue weighted by molar-refractivity contribution is 8.00. The fourth-order valence-corrected chi connectivity index (χ4v) is 5.58. The topological polar surface area (TPSA) is 88.0 Å². The second kappa shape index (κ2) is 8.58. The number of nitrogens with one attached hydrogen (secondary N) is 1. The maximum Gasteiger partial charge on any atom is 0.341 e. The molecule has 0 saturated heterocycles. The molecule has 0 spiro atoms. The number of carbonyl (C=O) groups excluding carboxylic acids is 2. The summed E-state index contributed by atoms with van der Waals surface area (Å²) in [5.41, 5.74) is 1.67. The third kappa shape index (κ3) is 4.17. The van der Waals surface area contributed by atoms with Crippen molar-refractivity contribution in [2.45, 2.75) is 36.8 Å². The van der Waals surface area contributed by atoms with Gasteiger partial charge in [-0.1, -0.05) is 23.4 Å². The Morgan fingerprint density at radius 3 is 2.74 bits per heavy atom. The van der Waals surface area contributed by atoms with Crippen LogP contribution in [-0.2, 0) is 16.0 Å². The smallest absolute Gasteiger partial charge is 0.341 e. The fourth-order valence-electron chi connectivity index (χ4n) is 3.02. The van der Waals surface area contributed by atoms with E-state index in [-0.39, 0.29) is 17.8 Å². The minimum absolute atomic E-state index is 0.0382. The minimum atomic E-state index is -0.467. The van der Waals surface area contributed by atoms with Crippen LogP contribution in [0.25, 0.3) is 0 Å². The second-order valence-corrected chi connectivity index (χ2v) is 8.26. The Hall–Kier alpha value is -2.32. The van der Waals surface area contributed by atoms with Gasteiger partial charge in [0.2, 0.25) is 5.91 Å². The van der Waals surface area contributed by atoms with Gasteiger partial charge in [0.1, 0.15) is 10.7 Å². The lowest BCUT2D eigenvalue weighted by Gasteiger charge is -2.23. The van der Waals surface area contributed by atoms with Crippen molar-refractivity contribution in [3.8, 4) is 0 Å². The molecular weight excluding hydrogens is 384 g/mol. The summed E-state index contributed by atoms with van der Waals surface area (Å²) < 4.78 is 5.17. The van der Waals surface area contributed by atoms with Crippen LogP contribution < -0.4 is 5.32 Å². The highest BCUT2D eigenvalue weighted by Gasteiger charge is 2.35. The Morgan fingerprint density at radius 1 is 1.37 bits per heavy atom. The summed E-state index contributed by atoms with van der Waals surface area (Å²) in [4.78, 5) is 25.9. The Balaban J connectivity index is 1.99. The molecule has 27 heavy (non-hydrogen) atoms. The molecule has 0 bridgehead atoms. The van der Waals surface area contributed by atoms with Crippen LogP contribution in [0.2, 0.25) is 0 Å². The van der Waals surface area contributed by atoms with Gasteiger partial charge in [-0.25, -0.2) is 4.79 Å². The van der Waals surface area contributed by atoms with Gasteiger partial charge in [-0.05, 0) is 37.5 Å². The number of amides is 1. The van der Waals surface area contributed by atoms with E-state index in [2.05, 4.69) is 10.5 Å². The highest BCUT2D eigenvalue weighted by atomic mass is 32.2. The molecule has 0 radical (unpaired) electrons. The maximum atomic E-state index is 12.5. The lowest BCUT2D eigenvalue weighted by atomic mass is 9.93. The van der Waals surface area contributed by atoms with Crippen LogP contribution >= 0.6 is 23.1 Å². The zero-order valence-electron chi connectivity index (χ0n) is 15.0. The Morgan fingerprint density at radius 2 is 2.11 bits per heavy atom. The number of anilines is 1. The van der Waals surface area contributed by atoms with Crippen LogP contribution in [0.3, 0.4) is 0 Å². The quantitative estimate of drug-likeness (QED) is 0.444. The van der Waals surface area contributed by atoms with Crippen LogP contribution in [0.1, 0.15) is 41.1 Å². The van der Waals surface area contributed by atoms with E-state index in [9.17, 15) is 14.8 Å². The van der Waals surface area contributed by atoms with Crippen LogP contribution in [0.5, 0.6) is 0 Å². The average molecular weight is 405 g/mol. The van der Waals surface area contributed by atoms with Crippen molar-refractivity contribution in [3.63, 3.8) is 0 Å². The molecule has 1 aliphatic carbocycles. The van der Waals surface area contributed by atoms with Gasteiger partial charge in [0.05, 0.1) is 22.3 Å². The van der Waals surface area contributed by atoms with Gasteiger partial charge < -0.3 is 15.3 Å². The standard InChI is InChI=1S/C19H20N2O4S2/c1-3-25-19(23)15-13-9-10-14(26-12-7-5-4-6-8-12)16(21-24)17(13)27-18(15)20-11(2)22/h4-8,14,24H,3,9-10H2,1-2H3,(H,20,22)/b21-16+/t14-/m1/s1. The molecule has 1 aromatic carbocycles. The number of ether oxygens (including phenoxy) is 1. The van der Waals surface area contributed by atoms with Crippen LogP contribution in [0.4, 0.5) is 5.00 Å². The Labute approximate surface area is 165 Å². The summed E-state index contributed by atoms with van der Waals surface area (Å²) in [6, 6.07) is 9.90. The molecule has 142 valence electrons. The summed E-state index contributed by atoms with van der Waals surface area (Å²) in [5, 5.41) is 16.4. The molecular formula is C19H20N2O4S2. The average Bonchev–Trinajstić information content (AvgIpc) is 3.00. The van der Waals surface area contributed by atoms with Crippen molar-refractivity contribution in [1.82, 2.24) is 0 Å². The van der Waals surface area contributed by atoms with E-state index in [1.165, 1.54) is 18.3 Å². The van der Waals surface area contributed by atoms with Gasteiger partial charge in [-0.3, -0.25) is 4.79 Å². The zero-order valence-corrected chi connectivity index (χ0v) is 16.7. The van der Waals surface area contributed by atoms with Gasteiger partial charge in [-0.2, -0.15) is 0 Å². The zero-order chi connectivity index (χ0) is 19.4. The highest BCUT2D eigenvalue weighted by Crippen LogP contribution is 2.42. The molecule has 2 aromatic rings. The molecule has 3 rings (SSSR count). The van der Waals surface area contributed by atoms with Gasteiger partial charge in [-0.15, -0.1) is 23.1 Å². The fraction of sp³-hybridized carbons (Fsp3) is 0.316. The molecule has 0 saturated carbocycles. The summed E-state index contributed by atoms with van der Waals surface area (Å²) >= 11 is 2.88. The monoisotopic (exact) mass is 404 g/mol. The van der Waals surface area contributed by atoms with Crippen LogP contribution in [0, 0.1) is 0 Å². The first-order chi connectivity index (χ1) is 13.0. The minimum Gasteiger partial charge on any atom is -0.462 e. The molecule has 0 aliphatic heterocycles. The number of hydrogen-bond acceptors (Lipinski definition) is 7. The first-order valence-electron chi connectivity index (χ1n) is 8.59. The molecule has 1 heterocycles. The molecule has 1 amide bonds. The maximum absolute atomic E-state index is 12.5. The van der Waals surface area contributed by atoms with Gasteiger partial charge in [0.15, 0.2) is 0 Å². The number of hydrogen-bond donors (Lipinski definition) is 2. The summed E-state index contributed by atoms with van der Waals surface area (Å²) in [7, 11) is 0. The van der Waals surface area contributed by atoms with Crippen molar-refractivity contribution in [2.24, 2.45) is 5.16 Å². The van der Waals surface area contributed by atoms with Crippen molar-refractivity contribution < 1.29 is 19.5 Å². The van der Waals surface area contributed by atoms with E-state index >= 15 is 0 Å². The largest absolute Gasteiger partial charge is 0.462 e. The van der Waals surface area contributed by atoms with Gasteiger partial charge >= 0.3 is 5.97 Å². The summed E-state index contributed by atoms with van der Waals surface area (Å²) in [5.74, 6) is -0.734. The number of fused-ring (bicyclic) bond motifs is 1. The predicted molar refractivity (Wildman–Crippen MR) is 107 cm³/mol. The lowest BCUT2D eigenvalue weighted by Crippen LogP contribution is -2.25. The second-order valence-electron chi connectivity index (χ2n) is 5.96. The molecule has 1 atom stereocenters. The van der Waals surface area contributed by atoms with E-state index in [1.807, 2.05) is 30.3 Å². The van der Waals surface area contributed by atoms with Crippen molar-refractivity contribution >= 4 is 45.7 Å². The number of carbonyl (C=O) groups is 2. The van der Waals surface area contributed by atoms with E-state index in [1.54, 1.807) is 18.7 Å². The normalized spacial score (nSPS) is 17.4. The summed E-state index contributed by atoms with van der Waals surface area (Å²) in [6.07, 6.45) is 1.36. The Kier molecular flexibility index (Phi) is 6.18. The van der Waals surface area contributed by atoms with Gasteiger partial charge in [0.25, 0.3) is 0 Å². The molecule has 0 unspecified atom stereocenters. The number of thioether (sulfide) groups is 1. The number of oxime groups is 1. The number of thiophene rings is 1. The number of benzene rings is 1. The molecule has 2 N–H and O–H groups in total. The summed E-state index contributed by atoms with van der Waals surface area (Å²) in [6.45, 7) is 3.38. The molecule has 8 heteroatoms. The number of esters is 1. The predicted octanol–water partition coefficient (Wildman–Crippen LogP) is 4.17. The first kappa shape index (κ1) is 19.4. The number of rotatable bonds is 5. The third-order valence-electron chi connectivity index (χ3n) is 4.10. The molecule has 0 fully saturated rings.